The fourth-order valence-corrected chi connectivity index (χ4v) is 3.46. The van der Waals surface area contributed by atoms with Crippen LogP contribution >= 0.6 is 0 Å². The van der Waals surface area contributed by atoms with Crippen molar-refractivity contribution in [1.82, 2.24) is 4.90 Å². The van der Waals surface area contributed by atoms with Crippen LogP contribution in [0.15, 0.2) is 43.0 Å². The molecule has 2 atom stereocenters. The first kappa shape index (κ1) is 18.7. The van der Waals surface area contributed by atoms with Crippen molar-refractivity contribution in [3.8, 4) is 0 Å². The zero-order valence-corrected chi connectivity index (χ0v) is 16.4. The lowest BCUT2D eigenvalue weighted by atomic mass is 10.1. The topological polar surface area (TPSA) is 38.8 Å². The summed E-state index contributed by atoms with van der Waals surface area (Å²) in [4.78, 5) is 14.1. The van der Waals surface area contributed by atoms with Crippen molar-refractivity contribution in [3.05, 3.63) is 48.6 Å². The lowest BCUT2D eigenvalue weighted by molar-refractivity contribution is 0.144. The summed E-state index contributed by atoms with van der Waals surface area (Å²) in [6.45, 7) is 15.9. The van der Waals surface area contributed by atoms with E-state index in [-0.39, 0.29) is 23.3 Å². The van der Waals surface area contributed by atoms with E-state index in [9.17, 15) is 4.79 Å². The Morgan fingerprint density at radius 1 is 1.29 bits per heavy atom. The van der Waals surface area contributed by atoms with Gasteiger partial charge < -0.3 is 9.16 Å². The molecule has 0 saturated carbocycles. The fraction of sp³-hybridized carbons (Fsp3) is 0.526. The molecule has 1 heterocycles. The SMILES string of the molecule is C=CC1OC(=O)N(Cc2ccccc2)[C@H]1CO[Si](C)(C)C(C)(C)C. The monoisotopic (exact) mass is 347 g/mol. The Bertz CT molecular complexity index is 580. The molecule has 1 aromatic rings. The van der Waals surface area contributed by atoms with Crippen LogP contribution in [-0.2, 0) is 15.7 Å². The largest absolute Gasteiger partial charge is 0.440 e. The van der Waals surface area contributed by atoms with Crippen molar-refractivity contribution in [1.29, 1.82) is 0 Å². The summed E-state index contributed by atoms with van der Waals surface area (Å²) >= 11 is 0. The highest BCUT2D eigenvalue weighted by Crippen LogP contribution is 2.37. The van der Waals surface area contributed by atoms with E-state index in [1.165, 1.54) is 0 Å². The van der Waals surface area contributed by atoms with Gasteiger partial charge in [-0.2, -0.15) is 0 Å². The van der Waals surface area contributed by atoms with Gasteiger partial charge in [-0.15, -0.1) is 0 Å². The zero-order chi connectivity index (χ0) is 18.0. The van der Waals surface area contributed by atoms with Crippen LogP contribution in [0.5, 0.6) is 0 Å². The lowest BCUT2D eigenvalue weighted by Gasteiger charge is -2.38. The van der Waals surface area contributed by atoms with E-state index < -0.39 is 8.32 Å². The van der Waals surface area contributed by atoms with Crippen LogP contribution in [0.25, 0.3) is 0 Å². The van der Waals surface area contributed by atoms with E-state index in [2.05, 4.69) is 40.4 Å². The van der Waals surface area contributed by atoms with Crippen LogP contribution in [-0.4, -0.2) is 38.1 Å². The van der Waals surface area contributed by atoms with Gasteiger partial charge in [-0.25, -0.2) is 4.79 Å². The molecule has 1 aliphatic rings. The molecule has 0 aromatic heterocycles. The molecular formula is C19H29NO3Si. The molecule has 1 amide bonds. The van der Waals surface area contributed by atoms with Gasteiger partial charge in [0.15, 0.2) is 8.32 Å². The second-order valence-corrected chi connectivity index (χ2v) is 12.6. The highest BCUT2D eigenvalue weighted by Gasteiger charge is 2.43. The zero-order valence-electron chi connectivity index (χ0n) is 15.4. The smallest absolute Gasteiger partial charge is 0.411 e. The van der Waals surface area contributed by atoms with Gasteiger partial charge in [-0.1, -0.05) is 57.7 Å². The summed E-state index contributed by atoms with van der Waals surface area (Å²) in [6.07, 6.45) is 1.07. The Hall–Kier alpha value is -1.59. The molecule has 132 valence electrons. The first-order valence-corrected chi connectivity index (χ1v) is 11.3. The number of nitrogens with zero attached hydrogens (tertiary/aromatic N) is 1. The van der Waals surface area contributed by atoms with Gasteiger partial charge in [-0.3, -0.25) is 4.90 Å². The molecule has 1 aromatic carbocycles. The van der Waals surface area contributed by atoms with Gasteiger partial charge in [0.2, 0.25) is 0 Å². The van der Waals surface area contributed by atoms with Crippen molar-refractivity contribution in [3.63, 3.8) is 0 Å². The van der Waals surface area contributed by atoms with Gasteiger partial charge in [0.05, 0.1) is 12.6 Å². The standard InChI is InChI=1S/C19H29NO3Si/c1-7-17-16(14-22-24(5,6)19(2,3)4)20(18(21)23-17)13-15-11-9-8-10-12-15/h7-12,16-17H,1,13-14H2,2-6H3/t16-,17?/m0/s1. The molecule has 0 spiro atoms. The van der Waals surface area contributed by atoms with Crippen LogP contribution in [0, 0.1) is 0 Å². The van der Waals surface area contributed by atoms with Crippen LogP contribution < -0.4 is 0 Å². The number of carbonyl (C=O) groups excluding carboxylic acids is 1. The summed E-state index contributed by atoms with van der Waals surface area (Å²) < 4.78 is 11.8. The molecule has 0 radical (unpaired) electrons. The number of benzene rings is 1. The predicted molar refractivity (Wildman–Crippen MR) is 99.4 cm³/mol. The highest BCUT2D eigenvalue weighted by atomic mass is 28.4. The van der Waals surface area contributed by atoms with Crippen molar-refractivity contribution < 1.29 is 14.0 Å². The molecule has 5 heteroatoms. The van der Waals surface area contributed by atoms with Crippen LogP contribution in [0.3, 0.4) is 0 Å². The molecule has 1 fully saturated rings. The normalized spacial score (nSPS) is 21.7. The Kier molecular flexibility index (Phi) is 5.55. The molecular weight excluding hydrogens is 318 g/mol. The second kappa shape index (κ2) is 7.11. The van der Waals surface area contributed by atoms with Gasteiger partial charge in [0.25, 0.3) is 0 Å². The summed E-state index contributed by atoms with van der Waals surface area (Å²) in [6, 6.07) is 9.81. The number of amides is 1. The molecule has 1 saturated heterocycles. The minimum absolute atomic E-state index is 0.129. The predicted octanol–water partition coefficient (Wildman–Crippen LogP) is 4.58. The first-order valence-electron chi connectivity index (χ1n) is 8.43. The molecule has 1 aliphatic heterocycles. The van der Waals surface area contributed by atoms with E-state index in [4.69, 9.17) is 9.16 Å². The maximum absolute atomic E-state index is 12.3. The van der Waals surface area contributed by atoms with Crippen molar-refractivity contribution in [2.75, 3.05) is 6.61 Å². The summed E-state index contributed by atoms with van der Waals surface area (Å²) in [5, 5.41) is 0.129. The van der Waals surface area contributed by atoms with E-state index in [1.54, 1.807) is 11.0 Å². The average molecular weight is 348 g/mol. The van der Waals surface area contributed by atoms with Crippen LogP contribution in [0.2, 0.25) is 18.1 Å². The number of hydrogen-bond donors (Lipinski definition) is 0. The van der Waals surface area contributed by atoms with Crippen molar-refractivity contribution >= 4 is 14.4 Å². The Morgan fingerprint density at radius 3 is 2.46 bits per heavy atom. The molecule has 4 nitrogen and oxygen atoms in total. The van der Waals surface area contributed by atoms with E-state index in [0.717, 1.165) is 5.56 Å². The molecule has 0 N–H and O–H groups in total. The minimum Gasteiger partial charge on any atom is -0.440 e. The molecule has 1 unspecified atom stereocenters. The highest BCUT2D eigenvalue weighted by molar-refractivity contribution is 6.74. The van der Waals surface area contributed by atoms with E-state index in [0.29, 0.717) is 13.2 Å². The first-order chi connectivity index (χ1) is 11.2. The Morgan fingerprint density at radius 2 is 1.92 bits per heavy atom. The lowest BCUT2D eigenvalue weighted by Crippen LogP contribution is -2.47. The molecule has 24 heavy (non-hydrogen) atoms. The average Bonchev–Trinajstić information content (AvgIpc) is 2.81. The third-order valence-corrected chi connectivity index (χ3v) is 9.60. The summed E-state index contributed by atoms with van der Waals surface area (Å²) in [7, 11) is -1.89. The number of ether oxygens (including phenoxy) is 1. The number of carbonyl (C=O) groups is 1. The molecule has 2 rings (SSSR count). The minimum atomic E-state index is -1.89. The molecule has 0 bridgehead atoms. The van der Waals surface area contributed by atoms with Gasteiger partial charge in [0, 0.05) is 6.54 Å². The van der Waals surface area contributed by atoms with Gasteiger partial charge in [-0.05, 0) is 29.8 Å². The van der Waals surface area contributed by atoms with Crippen LogP contribution in [0.1, 0.15) is 26.3 Å². The maximum atomic E-state index is 12.3. The van der Waals surface area contributed by atoms with Gasteiger partial charge in [0.1, 0.15) is 6.10 Å². The second-order valence-electron chi connectivity index (χ2n) is 7.84. The van der Waals surface area contributed by atoms with Crippen molar-refractivity contribution in [2.45, 2.75) is 57.6 Å². The van der Waals surface area contributed by atoms with Crippen molar-refractivity contribution in [2.24, 2.45) is 0 Å². The Balaban J connectivity index is 2.13. The quantitative estimate of drug-likeness (QED) is 0.558. The number of hydrogen-bond acceptors (Lipinski definition) is 3. The van der Waals surface area contributed by atoms with E-state index in [1.807, 2.05) is 30.3 Å². The maximum Gasteiger partial charge on any atom is 0.411 e. The fourth-order valence-electron chi connectivity index (χ4n) is 2.44. The third kappa shape index (κ3) is 4.08. The molecule has 0 aliphatic carbocycles. The number of cyclic esters (lactones) is 1. The summed E-state index contributed by atoms with van der Waals surface area (Å²) in [5.41, 5.74) is 1.08. The van der Waals surface area contributed by atoms with Crippen LogP contribution in [0.4, 0.5) is 4.79 Å². The van der Waals surface area contributed by atoms with E-state index >= 15 is 0 Å². The third-order valence-electron chi connectivity index (χ3n) is 5.10. The summed E-state index contributed by atoms with van der Waals surface area (Å²) in [5.74, 6) is 0. The van der Waals surface area contributed by atoms with Gasteiger partial charge >= 0.3 is 6.09 Å². The number of rotatable bonds is 6. The Labute approximate surface area is 146 Å².